The largest absolute Gasteiger partial charge is 0.489 e. The maximum atomic E-state index is 15.2. The summed E-state index contributed by atoms with van der Waals surface area (Å²) in [4.78, 5) is 35.4. The van der Waals surface area contributed by atoms with E-state index in [0.717, 1.165) is 17.2 Å². The highest BCUT2D eigenvalue weighted by Crippen LogP contribution is 2.50. The summed E-state index contributed by atoms with van der Waals surface area (Å²) in [6, 6.07) is 6.45. The zero-order valence-corrected chi connectivity index (χ0v) is 23.1. The molecule has 1 unspecified atom stereocenters. The van der Waals surface area contributed by atoms with Crippen LogP contribution in [0, 0.1) is 17.1 Å². The summed E-state index contributed by atoms with van der Waals surface area (Å²) >= 11 is 4.59. The van der Waals surface area contributed by atoms with Gasteiger partial charge in [-0.15, -0.1) is 12.6 Å². The molecule has 14 heteroatoms. The highest BCUT2D eigenvalue weighted by atomic mass is 32.1. The van der Waals surface area contributed by atoms with Gasteiger partial charge in [0.2, 0.25) is 5.91 Å². The van der Waals surface area contributed by atoms with Gasteiger partial charge in [0.1, 0.15) is 18.2 Å². The number of pyridine rings is 1. The van der Waals surface area contributed by atoms with E-state index in [1.807, 2.05) is 0 Å². The lowest BCUT2D eigenvalue weighted by Crippen LogP contribution is -2.55. The summed E-state index contributed by atoms with van der Waals surface area (Å²) in [5.41, 5.74) is -3.99. The number of hydrogen-bond acceptors (Lipinski definition) is 8. The third-order valence-corrected chi connectivity index (χ3v) is 8.42. The predicted molar refractivity (Wildman–Crippen MR) is 144 cm³/mol. The van der Waals surface area contributed by atoms with Gasteiger partial charge in [-0.1, -0.05) is 0 Å². The van der Waals surface area contributed by atoms with Crippen molar-refractivity contribution in [1.29, 1.82) is 5.26 Å². The number of nitriles is 1. The second-order valence-electron chi connectivity index (χ2n) is 10.3. The van der Waals surface area contributed by atoms with Gasteiger partial charge in [-0.25, -0.2) is 9.37 Å². The van der Waals surface area contributed by atoms with Gasteiger partial charge in [0.05, 0.1) is 17.4 Å². The minimum absolute atomic E-state index is 0.0305. The van der Waals surface area contributed by atoms with Crippen LogP contribution in [0.25, 0.3) is 0 Å². The van der Waals surface area contributed by atoms with Gasteiger partial charge >= 0.3 is 6.18 Å². The molecule has 1 aromatic carbocycles. The van der Waals surface area contributed by atoms with Gasteiger partial charge in [0.15, 0.2) is 22.8 Å². The number of piperazine rings is 1. The fourth-order valence-corrected chi connectivity index (χ4v) is 6.18. The molecular weight excluding hydrogens is 564 g/mol. The summed E-state index contributed by atoms with van der Waals surface area (Å²) < 4.78 is 61.7. The lowest BCUT2D eigenvalue weighted by Gasteiger charge is -2.44. The van der Waals surface area contributed by atoms with E-state index >= 15 is 4.39 Å². The molecule has 3 fully saturated rings. The van der Waals surface area contributed by atoms with Gasteiger partial charge in [-0.05, 0) is 37.5 Å². The summed E-state index contributed by atoms with van der Waals surface area (Å²) in [7, 11) is 0. The number of carbonyl (C=O) groups excluding carboxylic acids is 2. The first kappa shape index (κ1) is 28.9. The Morgan fingerprint density at radius 2 is 1.90 bits per heavy atom. The SMILES string of the molecule is CC(=O)N1CCN(CCOc2ccc(N3C(S)N(c4cnc(C#N)c(C(F)(F)F)c4)C(=O)C34CCC4)cc2F)CC1. The van der Waals surface area contributed by atoms with E-state index in [1.165, 1.54) is 25.1 Å². The Bertz CT molecular complexity index is 1390. The van der Waals surface area contributed by atoms with Crippen molar-refractivity contribution in [1.82, 2.24) is 14.8 Å². The van der Waals surface area contributed by atoms with Crippen LogP contribution >= 0.6 is 12.6 Å². The standard InChI is InChI=1S/C27H28F4N6O3S/c1-17(38)35-9-7-34(8-10-35)11-12-40-23-4-3-18(14-21(23)28)37-25(41)36(24(39)26(37)5-2-6-26)19-13-20(27(29,30)31)22(15-32)33-16-19/h3-4,13-14,16,25,41H,2,5-12H2,1H3. The highest BCUT2D eigenvalue weighted by molar-refractivity contribution is 7.81. The molecule has 0 radical (unpaired) electrons. The number of aromatic nitrogens is 1. The van der Waals surface area contributed by atoms with Crippen molar-refractivity contribution in [3.63, 3.8) is 0 Å². The second-order valence-corrected chi connectivity index (χ2v) is 10.7. The van der Waals surface area contributed by atoms with Gasteiger partial charge in [-0.3, -0.25) is 19.4 Å². The molecule has 2 amide bonds. The number of halogens is 4. The van der Waals surface area contributed by atoms with Gasteiger partial charge in [-0.2, -0.15) is 18.4 Å². The number of anilines is 2. The quantitative estimate of drug-likeness (QED) is 0.405. The van der Waals surface area contributed by atoms with Gasteiger partial charge in [0, 0.05) is 51.4 Å². The van der Waals surface area contributed by atoms with E-state index in [4.69, 9.17) is 10.00 Å². The fourth-order valence-electron chi connectivity index (χ4n) is 5.58. The molecule has 1 spiro atoms. The second kappa shape index (κ2) is 11.0. The van der Waals surface area contributed by atoms with E-state index < -0.39 is 40.2 Å². The Morgan fingerprint density at radius 3 is 2.46 bits per heavy atom. The third kappa shape index (κ3) is 5.28. The molecule has 0 bridgehead atoms. The average molecular weight is 593 g/mol. The molecule has 1 atom stereocenters. The van der Waals surface area contributed by atoms with Crippen LogP contribution in [-0.2, 0) is 15.8 Å². The van der Waals surface area contributed by atoms with Crippen LogP contribution in [-0.4, -0.2) is 77.0 Å². The number of benzene rings is 1. The summed E-state index contributed by atoms with van der Waals surface area (Å²) in [6.07, 6.45) is -2.25. The van der Waals surface area contributed by atoms with E-state index in [2.05, 4.69) is 22.5 Å². The van der Waals surface area contributed by atoms with Crippen LogP contribution in [0.5, 0.6) is 5.75 Å². The smallest absolute Gasteiger partial charge is 0.419 e. The number of thiol groups is 1. The van der Waals surface area contributed by atoms with E-state index in [-0.39, 0.29) is 24.0 Å². The fraction of sp³-hybridized carbons (Fsp3) is 0.481. The number of hydrogen-bond donors (Lipinski definition) is 1. The van der Waals surface area contributed by atoms with Crippen molar-refractivity contribution >= 4 is 35.8 Å². The molecule has 41 heavy (non-hydrogen) atoms. The lowest BCUT2D eigenvalue weighted by atomic mass is 9.75. The normalized spacial score (nSPS) is 20.8. The summed E-state index contributed by atoms with van der Waals surface area (Å²) in [5.74, 6) is -1.04. The molecular formula is C27H28F4N6O3S. The van der Waals surface area contributed by atoms with Crippen molar-refractivity contribution in [2.45, 2.75) is 43.4 Å². The molecule has 2 aliphatic heterocycles. The van der Waals surface area contributed by atoms with Crippen LogP contribution in [0.1, 0.15) is 37.4 Å². The minimum Gasteiger partial charge on any atom is -0.489 e. The van der Waals surface area contributed by atoms with Crippen LogP contribution in [0.3, 0.4) is 0 Å². The monoisotopic (exact) mass is 592 g/mol. The Hall–Kier alpha value is -3.57. The number of rotatable bonds is 6. The first-order valence-corrected chi connectivity index (χ1v) is 13.7. The third-order valence-electron chi connectivity index (χ3n) is 7.96. The van der Waals surface area contributed by atoms with Crippen LogP contribution in [0.2, 0.25) is 0 Å². The predicted octanol–water partition coefficient (Wildman–Crippen LogP) is 3.64. The Morgan fingerprint density at radius 1 is 1.20 bits per heavy atom. The summed E-state index contributed by atoms with van der Waals surface area (Å²) in [5, 5.41) is 9.08. The van der Waals surface area contributed by atoms with Crippen molar-refractivity contribution in [3.05, 3.63) is 47.5 Å². The number of carbonyl (C=O) groups is 2. The molecule has 3 aliphatic rings. The van der Waals surface area contributed by atoms with Crippen LogP contribution in [0.15, 0.2) is 30.5 Å². The Labute approximate surface area is 239 Å². The molecule has 1 aliphatic carbocycles. The number of nitrogens with zero attached hydrogens (tertiary/aromatic N) is 6. The molecule has 5 rings (SSSR count). The zero-order valence-electron chi connectivity index (χ0n) is 22.2. The minimum atomic E-state index is -4.85. The lowest BCUT2D eigenvalue weighted by molar-refractivity contribution is -0.138. The van der Waals surface area contributed by atoms with E-state index in [0.29, 0.717) is 57.7 Å². The number of ether oxygens (including phenoxy) is 1. The Kier molecular flexibility index (Phi) is 7.78. The molecule has 1 aromatic heterocycles. The van der Waals surface area contributed by atoms with Gasteiger partial charge < -0.3 is 14.5 Å². The van der Waals surface area contributed by atoms with Crippen molar-refractivity contribution in [2.75, 3.05) is 49.1 Å². The van der Waals surface area contributed by atoms with Crippen LogP contribution < -0.4 is 14.5 Å². The molecule has 3 heterocycles. The molecule has 2 saturated heterocycles. The first-order valence-electron chi connectivity index (χ1n) is 13.1. The maximum Gasteiger partial charge on any atom is 0.419 e. The molecule has 1 saturated carbocycles. The van der Waals surface area contributed by atoms with E-state index in [9.17, 15) is 22.8 Å². The maximum absolute atomic E-state index is 15.2. The number of alkyl halides is 3. The first-order chi connectivity index (χ1) is 19.5. The Balaban J connectivity index is 1.33. The van der Waals surface area contributed by atoms with Crippen molar-refractivity contribution in [3.8, 4) is 11.8 Å². The highest BCUT2D eigenvalue weighted by Gasteiger charge is 2.60. The molecule has 0 N–H and O–H groups in total. The van der Waals surface area contributed by atoms with Crippen molar-refractivity contribution in [2.24, 2.45) is 0 Å². The number of amides is 2. The molecule has 9 nitrogen and oxygen atoms in total. The van der Waals surface area contributed by atoms with Crippen molar-refractivity contribution < 1.29 is 31.9 Å². The zero-order chi connectivity index (χ0) is 29.5. The molecule has 2 aromatic rings. The molecule has 218 valence electrons. The van der Waals surface area contributed by atoms with E-state index in [1.54, 1.807) is 15.9 Å². The van der Waals surface area contributed by atoms with Gasteiger partial charge in [0.25, 0.3) is 5.91 Å². The topological polar surface area (TPSA) is 93.0 Å². The average Bonchev–Trinajstić information content (AvgIpc) is 3.15. The summed E-state index contributed by atoms with van der Waals surface area (Å²) in [6.45, 7) is 5.00. The van der Waals surface area contributed by atoms with Crippen LogP contribution in [0.4, 0.5) is 28.9 Å².